The van der Waals surface area contributed by atoms with E-state index < -0.39 is 24.1 Å². The number of carbonyl (C=O) groups excluding carboxylic acids is 2. The topological polar surface area (TPSA) is 116 Å². The molecule has 3 atom stereocenters. The number of carboxylic acid groups (broad SMARTS) is 1. The first-order valence-electron chi connectivity index (χ1n) is 12.1. The van der Waals surface area contributed by atoms with Gasteiger partial charge in [0.25, 0.3) is 0 Å². The average Bonchev–Trinajstić information content (AvgIpc) is 3.16. The summed E-state index contributed by atoms with van der Waals surface area (Å²) in [6, 6.07) is 16.1. The molecule has 2 aromatic rings. The Kier molecular flexibility index (Phi) is 7.70. The molecule has 2 aromatic carbocycles. The van der Waals surface area contributed by atoms with Crippen molar-refractivity contribution in [2.24, 2.45) is 5.92 Å². The van der Waals surface area contributed by atoms with Gasteiger partial charge in [0.1, 0.15) is 6.61 Å². The van der Waals surface area contributed by atoms with Crippen LogP contribution in [0.25, 0.3) is 11.1 Å². The molecule has 35 heavy (non-hydrogen) atoms. The molecule has 3 N–H and O–H groups in total. The van der Waals surface area contributed by atoms with Crippen molar-refractivity contribution in [2.45, 2.75) is 50.7 Å². The number of piperidine rings is 1. The highest BCUT2D eigenvalue weighted by Crippen LogP contribution is 2.44. The fraction of sp³-hybridized carbons (Fsp3) is 0.444. The number of β-amino-alcohol motifs (C(OH)–C–C–N with tert-alkyl or cyclic N) is 1. The van der Waals surface area contributed by atoms with Crippen LogP contribution in [0.1, 0.15) is 49.7 Å². The van der Waals surface area contributed by atoms with Crippen LogP contribution in [0.15, 0.2) is 48.5 Å². The lowest BCUT2D eigenvalue weighted by Crippen LogP contribution is -2.48. The number of aliphatic carboxylic acids is 1. The molecular formula is C27H32N2O6. The van der Waals surface area contributed by atoms with Crippen molar-refractivity contribution in [2.75, 3.05) is 19.7 Å². The number of carbonyl (C=O) groups is 3. The Morgan fingerprint density at radius 2 is 1.69 bits per heavy atom. The molecule has 2 amide bonds. The molecule has 0 aromatic heterocycles. The minimum Gasteiger partial charge on any atom is -0.481 e. The second-order valence-electron chi connectivity index (χ2n) is 9.49. The zero-order valence-corrected chi connectivity index (χ0v) is 19.9. The Morgan fingerprint density at radius 3 is 2.31 bits per heavy atom. The Bertz CT molecular complexity index is 1040. The number of likely N-dealkylation sites (tertiary alicyclic amines) is 1. The van der Waals surface area contributed by atoms with Crippen LogP contribution >= 0.6 is 0 Å². The Balaban J connectivity index is 1.21. The molecule has 4 rings (SSSR count). The van der Waals surface area contributed by atoms with Gasteiger partial charge in [0.05, 0.1) is 12.0 Å². The number of benzene rings is 2. The van der Waals surface area contributed by atoms with Crippen LogP contribution in [-0.4, -0.2) is 64.9 Å². The highest BCUT2D eigenvalue weighted by Gasteiger charge is 2.33. The molecule has 8 nitrogen and oxygen atoms in total. The number of nitrogens with zero attached hydrogens (tertiary/aromatic N) is 1. The minimum atomic E-state index is -0.998. The van der Waals surface area contributed by atoms with Gasteiger partial charge in [0.15, 0.2) is 0 Å². The largest absolute Gasteiger partial charge is 0.481 e. The number of alkyl carbamates (subject to hydrolysis) is 1. The van der Waals surface area contributed by atoms with Gasteiger partial charge < -0.3 is 25.2 Å². The number of hydrogen-bond acceptors (Lipinski definition) is 5. The zero-order valence-electron chi connectivity index (χ0n) is 19.9. The van der Waals surface area contributed by atoms with Crippen LogP contribution in [0.3, 0.4) is 0 Å². The molecular weight excluding hydrogens is 448 g/mol. The maximum Gasteiger partial charge on any atom is 0.407 e. The van der Waals surface area contributed by atoms with Crippen molar-refractivity contribution in [3.05, 3.63) is 59.7 Å². The van der Waals surface area contributed by atoms with Gasteiger partial charge in [-0.3, -0.25) is 9.59 Å². The van der Waals surface area contributed by atoms with Crippen LogP contribution < -0.4 is 5.32 Å². The molecule has 0 spiro atoms. The highest BCUT2D eigenvalue weighted by atomic mass is 16.5. The number of ether oxygens (including phenoxy) is 1. The summed E-state index contributed by atoms with van der Waals surface area (Å²) in [6.07, 6.45) is 0.204. The van der Waals surface area contributed by atoms with Crippen LogP contribution in [0.5, 0.6) is 0 Å². The maximum absolute atomic E-state index is 12.5. The molecule has 0 radical (unpaired) electrons. The first kappa shape index (κ1) is 24.7. The monoisotopic (exact) mass is 480 g/mol. The molecule has 1 aliphatic carbocycles. The fourth-order valence-corrected chi connectivity index (χ4v) is 5.09. The number of aliphatic hydroxyl groups excluding tert-OH is 1. The van der Waals surface area contributed by atoms with Gasteiger partial charge in [0, 0.05) is 31.5 Å². The van der Waals surface area contributed by atoms with Crippen molar-refractivity contribution >= 4 is 18.0 Å². The van der Waals surface area contributed by atoms with E-state index in [0.29, 0.717) is 12.8 Å². The van der Waals surface area contributed by atoms with Crippen LogP contribution in [0.4, 0.5) is 4.79 Å². The van der Waals surface area contributed by atoms with Crippen LogP contribution in [-0.2, 0) is 14.3 Å². The summed E-state index contributed by atoms with van der Waals surface area (Å²) in [5, 5.41) is 21.9. The van der Waals surface area contributed by atoms with E-state index in [0.717, 1.165) is 11.1 Å². The van der Waals surface area contributed by atoms with E-state index in [2.05, 4.69) is 29.6 Å². The maximum atomic E-state index is 12.5. The standard InChI is InChI=1S/C27H32N2O6/c1-17(7-6-12-25(31)29-14-18(26(32)33)13-19(30)15-29)28-27(34)35-16-24-22-10-4-2-8-20(22)21-9-3-5-11-23(21)24/h2-5,8-11,17-19,24,30H,6-7,12-16H2,1H3,(H,28,34)(H,32,33). The van der Waals surface area contributed by atoms with Gasteiger partial charge >= 0.3 is 12.1 Å². The SMILES string of the molecule is CC(CCCC(=O)N1CC(O)CC(C(=O)O)C1)NC(=O)OCC1c2ccccc2-c2ccccc21. The first-order valence-corrected chi connectivity index (χ1v) is 12.1. The number of carboxylic acids is 1. The van der Waals surface area contributed by atoms with Crippen LogP contribution in [0.2, 0.25) is 0 Å². The lowest BCUT2D eigenvalue weighted by molar-refractivity contribution is -0.148. The second kappa shape index (κ2) is 10.9. The van der Waals surface area contributed by atoms with Gasteiger partial charge in [0.2, 0.25) is 5.91 Å². The van der Waals surface area contributed by atoms with E-state index in [1.165, 1.54) is 16.0 Å². The summed E-state index contributed by atoms with van der Waals surface area (Å²) in [4.78, 5) is 37.6. The Morgan fingerprint density at radius 1 is 1.06 bits per heavy atom. The molecule has 8 heteroatoms. The molecule has 0 bridgehead atoms. The van der Waals surface area contributed by atoms with Crippen LogP contribution in [0, 0.1) is 5.92 Å². The van der Waals surface area contributed by atoms with Crippen molar-refractivity contribution in [1.82, 2.24) is 10.2 Å². The summed E-state index contributed by atoms with van der Waals surface area (Å²) >= 11 is 0. The Hall–Kier alpha value is -3.39. The quantitative estimate of drug-likeness (QED) is 0.533. The molecule has 3 unspecified atom stereocenters. The molecule has 1 aliphatic heterocycles. The van der Waals surface area contributed by atoms with Gasteiger partial charge in [-0.1, -0.05) is 48.5 Å². The third-order valence-electron chi connectivity index (χ3n) is 6.87. The Labute approximate surface area is 204 Å². The average molecular weight is 481 g/mol. The highest BCUT2D eigenvalue weighted by molar-refractivity contribution is 5.79. The minimum absolute atomic E-state index is 0.00407. The number of fused-ring (bicyclic) bond motifs is 3. The predicted molar refractivity (Wildman–Crippen MR) is 130 cm³/mol. The van der Waals surface area contributed by atoms with Gasteiger partial charge in [-0.05, 0) is 48.4 Å². The van der Waals surface area contributed by atoms with Crippen molar-refractivity contribution in [3.63, 3.8) is 0 Å². The van der Waals surface area contributed by atoms with Crippen molar-refractivity contribution in [1.29, 1.82) is 0 Å². The third-order valence-corrected chi connectivity index (χ3v) is 6.87. The van der Waals surface area contributed by atoms with E-state index in [9.17, 15) is 24.6 Å². The fourth-order valence-electron chi connectivity index (χ4n) is 5.09. The summed E-state index contributed by atoms with van der Waals surface area (Å²) in [7, 11) is 0. The third kappa shape index (κ3) is 5.82. The lowest BCUT2D eigenvalue weighted by Gasteiger charge is -2.34. The molecule has 1 fully saturated rings. The molecule has 1 heterocycles. The number of aliphatic hydroxyl groups is 1. The number of rotatable bonds is 8. The molecule has 0 saturated carbocycles. The number of hydrogen-bond donors (Lipinski definition) is 3. The van der Waals surface area contributed by atoms with E-state index in [1.54, 1.807) is 0 Å². The summed E-state index contributed by atoms with van der Waals surface area (Å²) in [6.45, 7) is 2.39. The van der Waals surface area contributed by atoms with Crippen molar-refractivity contribution < 1.29 is 29.3 Å². The number of amides is 2. The van der Waals surface area contributed by atoms with E-state index >= 15 is 0 Å². The van der Waals surface area contributed by atoms with Gasteiger partial charge in [-0.15, -0.1) is 0 Å². The summed E-state index contributed by atoms with van der Waals surface area (Å²) < 4.78 is 5.57. The predicted octanol–water partition coefficient (Wildman–Crippen LogP) is 3.38. The summed E-state index contributed by atoms with van der Waals surface area (Å²) in [5.74, 6) is -1.92. The van der Waals surface area contributed by atoms with E-state index in [1.807, 2.05) is 31.2 Å². The molecule has 2 aliphatic rings. The van der Waals surface area contributed by atoms with E-state index in [4.69, 9.17) is 4.74 Å². The lowest BCUT2D eigenvalue weighted by atomic mass is 9.95. The second-order valence-corrected chi connectivity index (χ2v) is 9.49. The molecule has 1 saturated heterocycles. The first-order chi connectivity index (χ1) is 16.8. The van der Waals surface area contributed by atoms with E-state index in [-0.39, 0.29) is 50.4 Å². The smallest absolute Gasteiger partial charge is 0.407 e. The normalized spacial score (nSPS) is 20.0. The van der Waals surface area contributed by atoms with Gasteiger partial charge in [-0.2, -0.15) is 0 Å². The summed E-state index contributed by atoms with van der Waals surface area (Å²) in [5.41, 5.74) is 4.65. The zero-order chi connectivity index (χ0) is 24.9. The molecule has 186 valence electrons. The number of nitrogens with one attached hydrogen (secondary N) is 1. The van der Waals surface area contributed by atoms with Gasteiger partial charge in [-0.25, -0.2) is 4.79 Å². The van der Waals surface area contributed by atoms with Crippen molar-refractivity contribution in [3.8, 4) is 11.1 Å².